The molecule has 1 aliphatic rings. The number of nitrogens with zero attached hydrogens (tertiary/aromatic N) is 1. The van der Waals surface area contributed by atoms with Crippen molar-refractivity contribution in [3.8, 4) is 0 Å². The Kier molecular flexibility index (Phi) is 7.71. The third-order valence-corrected chi connectivity index (χ3v) is 5.59. The number of benzene rings is 2. The lowest BCUT2D eigenvalue weighted by Gasteiger charge is -2.29. The molecule has 1 saturated carbocycles. The molecular formula is C22H24Cl2N4O2. The predicted octanol–water partition coefficient (Wildman–Crippen LogP) is 4.88. The van der Waals surface area contributed by atoms with Crippen molar-refractivity contribution in [2.75, 3.05) is 5.32 Å². The Labute approximate surface area is 186 Å². The van der Waals surface area contributed by atoms with Gasteiger partial charge in [-0.15, -0.1) is 0 Å². The number of anilines is 2. The van der Waals surface area contributed by atoms with E-state index in [2.05, 4.69) is 28.1 Å². The number of nitrogens with one attached hydrogen (secondary N) is 3. The number of halogens is 2. The van der Waals surface area contributed by atoms with Gasteiger partial charge in [-0.2, -0.15) is 5.10 Å². The van der Waals surface area contributed by atoms with E-state index >= 15 is 0 Å². The second-order valence-electron chi connectivity index (χ2n) is 7.41. The molecule has 0 heterocycles. The van der Waals surface area contributed by atoms with Gasteiger partial charge in [0.2, 0.25) is 0 Å². The zero-order valence-corrected chi connectivity index (χ0v) is 18.1. The van der Waals surface area contributed by atoms with Gasteiger partial charge in [0.1, 0.15) is 0 Å². The van der Waals surface area contributed by atoms with Crippen LogP contribution in [0.3, 0.4) is 0 Å². The van der Waals surface area contributed by atoms with Gasteiger partial charge >= 0.3 is 11.8 Å². The van der Waals surface area contributed by atoms with Crippen LogP contribution < -0.4 is 16.1 Å². The summed E-state index contributed by atoms with van der Waals surface area (Å²) in [6, 6.07) is 12.5. The molecule has 0 radical (unpaired) electrons. The molecule has 0 spiro atoms. The fraction of sp³-hybridized carbons (Fsp3) is 0.318. The molecule has 3 rings (SSSR count). The van der Waals surface area contributed by atoms with Crippen molar-refractivity contribution in [1.82, 2.24) is 10.7 Å². The number of carbonyl (C=O) groups is 2. The van der Waals surface area contributed by atoms with Crippen LogP contribution in [0.2, 0.25) is 10.0 Å². The van der Waals surface area contributed by atoms with E-state index < -0.39 is 11.8 Å². The van der Waals surface area contributed by atoms with Gasteiger partial charge < -0.3 is 10.6 Å². The van der Waals surface area contributed by atoms with E-state index in [0.29, 0.717) is 21.5 Å². The Morgan fingerprint density at radius 3 is 2.57 bits per heavy atom. The van der Waals surface area contributed by atoms with Crippen molar-refractivity contribution in [2.24, 2.45) is 11.0 Å². The number of hydrogen-bond donors (Lipinski definition) is 3. The molecular weight excluding hydrogens is 423 g/mol. The lowest BCUT2D eigenvalue weighted by Crippen LogP contribution is -2.46. The second-order valence-corrected chi connectivity index (χ2v) is 8.28. The van der Waals surface area contributed by atoms with Crippen LogP contribution in [0, 0.1) is 5.92 Å². The van der Waals surface area contributed by atoms with Gasteiger partial charge in [0.05, 0.1) is 6.21 Å². The van der Waals surface area contributed by atoms with Gasteiger partial charge in [0.25, 0.3) is 0 Å². The van der Waals surface area contributed by atoms with Gasteiger partial charge in [-0.25, -0.2) is 5.43 Å². The highest BCUT2D eigenvalue weighted by molar-refractivity contribution is 6.35. The summed E-state index contributed by atoms with van der Waals surface area (Å²) < 4.78 is 0. The van der Waals surface area contributed by atoms with E-state index in [1.54, 1.807) is 30.3 Å². The van der Waals surface area contributed by atoms with E-state index in [1.165, 1.54) is 6.21 Å². The summed E-state index contributed by atoms with van der Waals surface area (Å²) in [6.07, 6.45) is 5.61. The molecule has 6 nitrogen and oxygen atoms in total. The maximum Gasteiger partial charge on any atom is 0.329 e. The maximum absolute atomic E-state index is 12.2. The highest BCUT2D eigenvalue weighted by Gasteiger charge is 2.25. The first-order chi connectivity index (χ1) is 14.4. The molecule has 2 aromatic carbocycles. The highest BCUT2D eigenvalue weighted by atomic mass is 35.5. The van der Waals surface area contributed by atoms with E-state index in [0.717, 1.165) is 37.1 Å². The van der Waals surface area contributed by atoms with Crippen LogP contribution in [0.5, 0.6) is 0 Å². The molecule has 3 N–H and O–H groups in total. The van der Waals surface area contributed by atoms with E-state index in [1.807, 2.05) is 12.1 Å². The first kappa shape index (κ1) is 22.1. The van der Waals surface area contributed by atoms with Crippen molar-refractivity contribution in [3.05, 3.63) is 58.1 Å². The fourth-order valence-electron chi connectivity index (χ4n) is 3.45. The lowest BCUT2D eigenvalue weighted by molar-refractivity contribution is -0.139. The molecule has 158 valence electrons. The minimum absolute atomic E-state index is 0.0300. The Hall–Kier alpha value is -2.57. The van der Waals surface area contributed by atoms with E-state index in [9.17, 15) is 9.59 Å². The standard InChI is InChI=1S/C22H24Cl2N4O2/c1-14-5-2-3-8-19(14)27-21(29)22(30)28-25-13-15-11-17(24)9-10-20(15)26-18-7-4-6-16(23)12-18/h4,6-7,9-14,19,26H,2-3,5,8H2,1H3,(H,27,29)(H,28,30)/b25-13-/t14-,19-/m0/s1. The molecule has 0 aromatic heterocycles. The average Bonchev–Trinajstić information content (AvgIpc) is 2.71. The van der Waals surface area contributed by atoms with Crippen molar-refractivity contribution in [2.45, 2.75) is 38.6 Å². The Morgan fingerprint density at radius 1 is 1.03 bits per heavy atom. The van der Waals surface area contributed by atoms with Crippen LogP contribution in [0.1, 0.15) is 38.2 Å². The molecule has 0 aliphatic heterocycles. The average molecular weight is 447 g/mol. The number of rotatable bonds is 5. The predicted molar refractivity (Wildman–Crippen MR) is 121 cm³/mol. The third kappa shape index (κ3) is 6.21. The van der Waals surface area contributed by atoms with Crippen molar-refractivity contribution in [3.63, 3.8) is 0 Å². The first-order valence-corrected chi connectivity index (χ1v) is 10.6. The van der Waals surface area contributed by atoms with Crippen LogP contribution in [0.4, 0.5) is 11.4 Å². The van der Waals surface area contributed by atoms with Crippen LogP contribution in [0.15, 0.2) is 47.6 Å². The first-order valence-electron chi connectivity index (χ1n) is 9.88. The summed E-state index contributed by atoms with van der Waals surface area (Å²) in [4.78, 5) is 24.3. The van der Waals surface area contributed by atoms with Crippen LogP contribution >= 0.6 is 23.2 Å². The Balaban J connectivity index is 1.63. The Bertz CT molecular complexity index is 948. The SMILES string of the molecule is C[C@H]1CCCC[C@@H]1NC(=O)C(=O)N/N=C\c1cc(Cl)ccc1Nc1cccc(Cl)c1. The molecule has 2 aromatic rings. The van der Waals surface area contributed by atoms with Gasteiger partial charge in [-0.1, -0.05) is 49.0 Å². The zero-order chi connectivity index (χ0) is 21.5. The van der Waals surface area contributed by atoms with E-state index in [-0.39, 0.29) is 6.04 Å². The monoisotopic (exact) mass is 446 g/mol. The summed E-state index contributed by atoms with van der Waals surface area (Å²) >= 11 is 12.1. The summed E-state index contributed by atoms with van der Waals surface area (Å²) in [6.45, 7) is 2.09. The number of carbonyl (C=O) groups excluding carboxylic acids is 2. The summed E-state index contributed by atoms with van der Waals surface area (Å²) in [5.41, 5.74) is 4.44. The lowest BCUT2D eigenvalue weighted by atomic mass is 9.86. The molecule has 0 saturated heterocycles. The molecule has 1 fully saturated rings. The normalized spacial score (nSPS) is 18.8. The third-order valence-electron chi connectivity index (χ3n) is 5.12. The number of amides is 2. The van der Waals surface area contributed by atoms with Crippen molar-refractivity contribution in [1.29, 1.82) is 0 Å². The molecule has 2 amide bonds. The largest absolute Gasteiger partial charge is 0.355 e. The van der Waals surface area contributed by atoms with Crippen LogP contribution in [-0.4, -0.2) is 24.1 Å². The summed E-state index contributed by atoms with van der Waals surface area (Å²) in [5, 5.41) is 11.1. The molecule has 0 unspecified atom stereocenters. The van der Waals surface area contributed by atoms with Crippen LogP contribution in [0.25, 0.3) is 0 Å². The zero-order valence-electron chi connectivity index (χ0n) is 16.6. The number of hydrogen-bond acceptors (Lipinski definition) is 4. The van der Waals surface area contributed by atoms with Crippen LogP contribution in [-0.2, 0) is 9.59 Å². The molecule has 0 bridgehead atoms. The molecule has 2 atom stereocenters. The summed E-state index contributed by atoms with van der Waals surface area (Å²) in [5.74, 6) is -1.10. The van der Waals surface area contributed by atoms with Crippen molar-refractivity contribution < 1.29 is 9.59 Å². The Morgan fingerprint density at radius 2 is 1.80 bits per heavy atom. The number of hydrazone groups is 1. The van der Waals surface area contributed by atoms with E-state index in [4.69, 9.17) is 23.2 Å². The van der Waals surface area contributed by atoms with Gasteiger partial charge in [-0.3, -0.25) is 9.59 Å². The maximum atomic E-state index is 12.2. The van der Waals surface area contributed by atoms with Crippen molar-refractivity contribution >= 4 is 52.6 Å². The van der Waals surface area contributed by atoms with Gasteiger partial charge in [0.15, 0.2) is 0 Å². The minimum Gasteiger partial charge on any atom is -0.355 e. The molecule has 1 aliphatic carbocycles. The fourth-order valence-corrected chi connectivity index (χ4v) is 3.82. The summed E-state index contributed by atoms with van der Waals surface area (Å²) in [7, 11) is 0. The second kappa shape index (κ2) is 10.5. The highest BCUT2D eigenvalue weighted by Crippen LogP contribution is 2.25. The molecule has 8 heteroatoms. The van der Waals surface area contributed by atoms with Gasteiger partial charge in [0, 0.05) is 33.0 Å². The quantitative estimate of drug-likeness (QED) is 0.347. The molecule has 30 heavy (non-hydrogen) atoms. The van der Waals surface area contributed by atoms with Gasteiger partial charge in [-0.05, 0) is 55.2 Å². The topological polar surface area (TPSA) is 82.6 Å². The smallest absolute Gasteiger partial charge is 0.329 e. The minimum atomic E-state index is -0.796.